The number of carbonyl (C=O) groups is 1. The molecule has 2 aromatic rings. The number of furan rings is 1. The van der Waals surface area contributed by atoms with Gasteiger partial charge in [-0.1, -0.05) is 6.07 Å². The molecule has 0 radical (unpaired) electrons. The lowest BCUT2D eigenvalue weighted by Gasteiger charge is -2.14. The van der Waals surface area contributed by atoms with E-state index in [0.29, 0.717) is 11.6 Å². The number of nitrogens with one attached hydrogen (secondary N) is 2. The highest BCUT2D eigenvalue weighted by Crippen LogP contribution is 2.22. The normalized spacial score (nSPS) is 15.7. The number of benzene rings is 1. The predicted octanol–water partition coefficient (Wildman–Crippen LogP) is 3.34. The third kappa shape index (κ3) is 3.02. The van der Waals surface area contributed by atoms with E-state index in [-0.39, 0.29) is 11.9 Å². The lowest BCUT2D eigenvalue weighted by molar-refractivity contribution is 0.0951. The van der Waals surface area contributed by atoms with Crippen LogP contribution in [0.1, 0.15) is 41.7 Å². The van der Waals surface area contributed by atoms with Gasteiger partial charge in [-0.2, -0.15) is 0 Å². The number of amides is 1. The van der Waals surface area contributed by atoms with Gasteiger partial charge in [-0.15, -0.1) is 0 Å². The van der Waals surface area contributed by atoms with Crippen LogP contribution in [0.15, 0.2) is 47.3 Å². The molecule has 0 spiro atoms. The average molecular weight is 270 g/mol. The first-order valence-electron chi connectivity index (χ1n) is 6.92. The summed E-state index contributed by atoms with van der Waals surface area (Å²) in [7, 11) is 0. The summed E-state index contributed by atoms with van der Waals surface area (Å²) in [5, 5.41) is 6.37. The Balaban J connectivity index is 1.68. The maximum Gasteiger partial charge on any atom is 0.251 e. The van der Waals surface area contributed by atoms with Crippen molar-refractivity contribution in [2.75, 3.05) is 5.32 Å². The monoisotopic (exact) mass is 270 g/mol. The first kappa shape index (κ1) is 12.8. The van der Waals surface area contributed by atoms with E-state index >= 15 is 0 Å². The number of rotatable bonds is 5. The molecule has 104 valence electrons. The molecule has 1 fully saturated rings. The highest BCUT2D eigenvalue weighted by atomic mass is 16.3. The fraction of sp³-hybridized carbons (Fsp3) is 0.312. The number of anilines is 1. The summed E-state index contributed by atoms with van der Waals surface area (Å²) < 4.78 is 5.08. The Morgan fingerprint density at radius 2 is 2.20 bits per heavy atom. The molecule has 20 heavy (non-hydrogen) atoms. The zero-order valence-corrected chi connectivity index (χ0v) is 11.4. The van der Waals surface area contributed by atoms with E-state index in [9.17, 15) is 4.79 Å². The number of hydrogen-bond donors (Lipinski definition) is 2. The van der Waals surface area contributed by atoms with Gasteiger partial charge in [0.15, 0.2) is 0 Å². The van der Waals surface area contributed by atoms with Crippen molar-refractivity contribution in [2.24, 2.45) is 0 Å². The first-order chi connectivity index (χ1) is 9.72. The van der Waals surface area contributed by atoms with Gasteiger partial charge < -0.3 is 15.1 Å². The van der Waals surface area contributed by atoms with Crippen molar-refractivity contribution in [3.8, 4) is 0 Å². The Morgan fingerprint density at radius 3 is 2.90 bits per heavy atom. The third-order valence-corrected chi connectivity index (χ3v) is 3.46. The Kier molecular flexibility index (Phi) is 3.46. The van der Waals surface area contributed by atoms with Crippen LogP contribution in [0.5, 0.6) is 0 Å². The van der Waals surface area contributed by atoms with Crippen molar-refractivity contribution in [3.63, 3.8) is 0 Å². The van der Waals surface area contributed by atoms with Gasteiger partial charge in [0.2, 0.25) is 0 Å². The Bertz CT molecular complexity index is 588. The van der Waals surface area contributed by atoms with Crippen molar-refractivity contribution in [1.29, 1.82) is 0 Å². The van der Waals surface area contributed by atoms with E-state index in [1.54, 1.807) is 12.5 Å². The summed E-state index contributed by atoms with van der Waals surface area (Å²) in [5.74, 6) is 0.00659. The molecular weight excluding hydrogens is 252 g/mol. The maximum absolute atomic E-state index is 12.0. The number of hydrogen-bond acceptors (Lipinski definition) is 3. The second-order valence-corrected chi connectivity index (χ2v) is 5.25. The van der Waals surface area contributed by atoms with Crippen LogP contribution in [0, 0.1) is 0 Å². The molecule has 0 bridgehead atoms. The minimum absolute atomic E-state index is 0.00659. The summed E-state index contributed by atoms with van der Waals surface area (Å²) in [5.41, 5.74) is 2.71. The van der Waals surface area contributed by atoms with Gasteiger partial charge in [0.1, 0.15) is 0 Å². The second-order valence-electron chi connectivity index (χ2n) is 5.25. The standard InChI is InChI=1S/C16H18N2O2/c1-11(13-7-8-20-10-13)17-15-4-2-3-12(9-15)16(19)18-14-5-6-14/h2-4,7-11,14,17H,5-6H2,1H3,(H,18,19). The smallest absolute Gasteiger partial charge is 0.251 e. The van der Waals surface area contributed by atoms with Gasteiger partial charge in [0.25, 0.3) is 5.91 Å². The molecule has 2 N–H and O–H groups in total. The molecule has 1 amide bonds. The van der Waals surface area contributed by atoms with E-state index < -0.39 is 0 Å². The van der Waals surface area contributed by atoms with Crippen LogP contribution in [0.4, 0.5) is 5.69 Å². The Morgan fingerprint density at radius 1 is 1.35 bits per heavy atom. The summed E-state index contributed by atoms with van der Waals surface area (Å²) >= 11 is 0. The quantitative estimate of drug-likeness (QED) is 0.876. The molecule has 3 rings (SSSR count). The first-order valence-corrected chi connectivity index (χ1v) is 6.92. The molecule has 0 saturated heterocycles. The van der Waals surface area contributed by atoms with Gasteiger partial charge in [-0.05, 0) is 44.0 Å². The molecule has 1 aliphatic rings. The molecule has 1 aliphatic carbocycles. The third-order valence-electron chi connectivity index (χ3n) is 3.46. The van der Waals surface area contributed by atoms with Crippen molar-refractivity contribution in [1.82, 2.24) is 5.32 Å². The van der Waals surface area contributed by atoms with Gasteiger partial charge in [0, 0.05) is 22.9 Å². The van der Waals surface area contributed by atoms with Crippen LogP contribution < -0.4 is 10.6 Å². The Hall–Kier alpha value is -2.23. The van der Waals surface area contributed by atoms with Crippen molar-refractivity contribution >= 4 is 11.6 Å². The predicted molar refractivity (Wildman–Crippen MR) is 77.7 cm³/mol. The maximum atomic E-state index is 12.0. The van der Waals surface area contributed by atoms with E-state index in [2.05, 4.69) is 17.6 Å². The topological polar surface area (TPSA) is 54.3 Å². The van der Waals surface area contributed by atoms with Gasteiger partial charge in [-0.3, -0.25) is 4.79 Å². The van der Waals surface area contributed by atoms with Gasteiger partial charge in [0.05, 0.1) is 18.6 Å². The van der Waals surface area contributed by atoms with Crippen LogP contribution in [0.2, 0.25) is 0 Å². The lowest BCUT2D eigenvalue weighted by atomic mass is 10.1. The van der Waals surface area contributed by atoms with Crippen LogP contribution in [-0.4, -0.2) is 11.9 Å². The van der Waals surface area contributed by atoms with Gasteiger partial charge in [-0.25, -0.2) is 0 Å². The van der Waals surface area contributed by atoms with E-state index in [1.807, 2.05) is 30.3 Å². The SMILES string of the molecule is CC(Nc1cccc(C(=O)NC2CC2)c1)c1ccoc1. The zero-order valence-electron chi connectivity index (χ0n) is 11.4. The van der Waals surface area contributed by atoms with E-state index in [0.717, 1.165) is 24.1 Å². The molecule has 1 heterocycles. The molecule has 1 aromatic heterocycles. The highest BCUT2D eigenvalue weighted by Gasteiger charge is 2.23. The molecule has 4 nitrogen and oxygen atoms in total. The van der Waals surface area contributed by atoms with Gasteiger partial charge >= 0.3 is 0 Å². The van der Waals surface area contributed by atoms with Crippen LogP contribution in [0.3, 0.4) is 0 Å². The summed E-state index contributed by atoms with van der Waals surface area (Å²) in [6.07, 6.45) is 5.58. The average Bonchev–Trinajstić information content (AvgIpc) is 3.08. The molecule has 1 atom stereocenters. The summed E-state index contributed by atoms with van der Waals surface area (Å²) in [6.45, 7) is 2.06. The summed E-state index contributed by atoms with van der Waals surface area (Å²) in [4.78, 5) is 12.0. The fourth-order valence-corrected chi connectivity index (χ4v) is 2.10. The van der Waals surface area contributed by atoms with Crippen molar-refractivity contribution in [2.45, 2.75) is 31.8 Å². The summed E-state index contributed by atoms with van der Waals surface area (Å²) in [6, 6.07) is 10.0. The zero-order chi connectivity index (χ0) is 13.9. The minimum Gasteiger partial charge on any atom is -0.472 e. The minimum atomic E-state index is 0.00659. The second kappa shape index (κ2) is 5.41. The van der Waals surface area contributed by atoms with Crippen LogP contribution >= 0.6 is 0 Å². The largest absolute Gasteiger partial charge is 0.472 e. The van der Waals surface area contributed by atoms with Crippen LogP contribution in [-0.2, 0) is 0 Å². The van der Waals surface area contributed by atoms with Crippen LogP contribution in [0.25, 0.3) is 0 Å². The molecular formula is C16H18N2O2. The molecule has 1 unspecified atom stereocenters. The molecule has 1 aromatic carbocycles. The lowest BCUT2D eigenvalue weighted by Crippen LogP contribution is -2.25. The van der Waals surface area contributed by atoms with E-state index in [1.165, 1.54) is 0 Å². The number of carbonyl (C=O) groups excluding carboxylic acids is 1. The molecule has 1 saturated carbocycles. The highest BCUT2D eigenvalue weighted by molar-refractivity contribution is 5.95. The molecule has 4 heteroatoms. The fourth-order valence-electron chi connectivity index (χ4n) is 2.10. The Labute approximate surface area is 118 Å². The molecule has 0 aliphatic heterocycles. The van der Waals surface area contributed by atoms with E-state index in [4.69, 9.17) is 4.42 Å². The van der Waals surface area contributed by atoms with Crippen molar-refractivity contribution < 1.29 is 9.21 Å². The van der Waals surface area contributed by atoms with Crippen molar-refractivity contribution in [3.05, 3.63) is 54.0 Å².